The maximum atomic E-state index is 11.6. The molecule has 3 rings (SSSR count). The lowest BCUT2D eigenvalue weighted by atomic mass is 9.94. The number of rotatable bonds is 4. The van der Waals surface area contributed by atoms with E-state index in [1.807, 2.05) is 12.3 Å². The second-order valence-electron chi connectivity index (χ2n) is 5.99. The second-order valence-corrected chi connectivity index (χ2v) is 5.99. The molecule has 1 aliphatic heterocycles. The van der Waals surface area contributed by atoms with Gasteiger partial charge in [-0.1, -0.05) is 25.5 Å². The third-order valence-corrected chi connectivity index (χ3v) is 4.67. The van der Waals surface area contributed by atoms with Crippen LogP contribution in [0.1, 0.15) is 44.2 Å². The third kappa shape index (κ3) is 2.83. The smallest absolute Gasteiger partial charge is 0.320 e. The predicted octanol–water partition coefficient (Wildman–Crippen LogP) is 3.63. The quantitative estimate of drug-likeness (QED) is 0.936. The van der Waals surface area contributed by atoms with Crippen LogP contribution in [-0.4, -0.2) is 33.5 Å². The van der Waals surface area contributed by atoms with E-state index in [1.165, 1.54) is 5.56 Å². The van der Waals surface area contributed by atoms with Crippen molar-refractivity contribution < 1.29 is 9.90 Å². The molecule has 0 amide bonds. The topological polar surface area (TPSA) is 53.4 Å². The van der Waals surface area contributed by atoms with Crippen LogP contribution in [0.3, 0.4) is 0 Å². The Balaban J connectivity index is 1.95. The normalized spacial score (nSPS) is 20.9. The Bertz CT molecular complexity index is 671. The lowest BCUT2D eigenvalue weighted by Crippen LogP contribution is -2.46. The van der Waals surface area contributed by atoms with Crippen molar-refractivity contribution >= 4 is 16.7 Å². The SMILES string of the molecule is CCC(c1ccc2cnccc2c1)N1CCCCC1C(=O)O. The zero-order valence-corrected chi connectivity index (χ0v) is 12.9. The molecular weight excluding hydrogens is 276 g/mol. The van der Waals surface area contributed by atoms with Gasteiger partial charge in [-0.05, 0) is 48.9 Å². The minimum Gasteiger partial charge on any atom is -0.480 e. The van der Waals surface area contributed by atoms with Gasteiger partial charge in [0.1, 0.15) is 6.04 Å². The summed E-state index contributed by atoms with van der Waals surface area (Å²) in [5.74, 6) is -0.692. The van der Waals surface area contributed by atoms with Crippen molar-refractivity contribution in [1.29, 1.82) is 0 Å². The van der Waals surface area contributed by atoms with Crippen LogP contribution < -0.4 is 0 Å². The molecule has 1 saturated heterocycles. The summed E-state index contributed by atoms with van der Waals surface area (Å²) in [6, 6.07) is 8.20. The van der Waals surface area contributed by atoms with Crippen molar-refractivity contribution in [1.82, 2.24) is 9.88 Å². The van der Waals surface area contributed by atoms with E-state index in [-0.39, 0.29) is 12.1 Å². The summed E-state index contributed by atoms with van der Waals surface area (Å²) in [5, 5.41) is 11.8. The molecule has 1 fully saturated rings. The number of likely N-dealkylation sites (tertiary alicyclic amines) is 1. The Hall–Kier alpha value is -1.94. The van der Waals surface area contributed by atoms with Crippen LogP contribution >= 0.6 is 0 Å². The lowest BCUT2D eigenvalue weighted by molar-refractivity contribution is -0.146. The Morgan fingerprint density at radius 2 is 2.23 bits per heavy atom. The lowest BCUT2D eigenvalue weighted by Gasteiger charge is -2.39. The number of carboxylic acid groups (broad SMARTS) is 1. The Morgan fingerprint density at radius 3 is 3.00 bits per heavy atom. The van der Waals surface area contributed by atoms with E-state index in [2.05, 4.69) is 35.0 Å². The summed E-state index contributed by atoms with van der Waals surface area (Å²) >= 11 is 0. The molecule has 0 saturated carbocycles. The minimum atomic E-state index is -0.692. The number of hydrogen-bond acceptors (Lipinski definition) is 3. The molecule has 0 aliphatic carbocycles. The third-order valence-electron chi connectivity index (χ3n) is 4.67. The summed E-state index contributed by atoms with van der Waals surface area (Å²) in [6.45, 7) is 3.00. The molecule has 1 N–H and O–H groups in total. The molecule has 116 valence electrons. The van der Waals surface area contributed by atoms with Gasteiger partial charge >= 0.3 is 5.97 Å². The molecule has 22 heavy (non-hydrogen) atoms. The highest BCUT2D eigenvalue weighted by Gasteiger charge is 2.33. The van der Waals surface area contributed by atoms with E-state index in [1.54, 1.807) is 6.20 Å². The van der Waals surface area contributed by atoms with Crippen LogP contribution in [0.15, 0.2) is 36.7 Å². The van der Waals surface area contributed by atoms with E-state index >= 15 is 0 Å². The zero-order chi connectivity index (χ0) is 15.5. The van der Waals surface area contributed by atoms with Gasteiger partial charge in [0, 0.05) is 23.8 Å². The first-order valence-electron chi connectivity index (χ1n) is 8.03. The minimum absolute atomic E-state index is 0.166. The van der Waals surface area contributed by atoms with E-state index in [4.69, 9.17) is 0 Å². The molecule has 2 heterocycles. The average molecular weight is 298 g/mol. The zero-order valence-electron chi connectivity index (χ0n) is 12.9. The molecule has 2 unspecified atom stereocenters. The van der Waals surface area contributed by atoms with Gasteiger partial charge in [0.15, 0.2) is 0 Å². The first-order chi connectivity index (χ1) is 10.7. The standard InChI is InChI=1S/C18H22N2O2/c1-2-16(20-10-4-3-5-17(20)18(21)22)14-6-7-15-12-19-9-8-13(15)11-14/h6-9,11-12,16-17H,2-5,10H2,1H3,(H,21,22). The summed E-state index contributed by atoms with van der Waals surface area (Å²) in [7, 11) is 0. The number of nitrogens with zero attached hydrogens (tertiary/aromatic N) is 2. The molecule has 1 aliphatic rings. The van der Waals surface area contributed by atoms with Crippen LogP contribution in [0.2, 0.25) is 0 Å². The monoisotopic (exact) mass is 298 g/mol. The van der Waals surface area contributed by atoms with Gasteiger partial charge in [0.05, 0.1) is 0 Å². The van der Waals surface area contributed by atoms with Gasteiger partial charge in [0.25, 0.3) is 0 Å². The molecule has 1 aromatic carbocycles. The summed E-state index contributed by atoms with van der Waals surface area (Å²) in [4.78, 5) is 17.9. The summed E-state index contributed by atoms with van der Waals surface area (Å²) < 4.78 is 0. The highest BCUT2D eigenvalue weighted by Crippen LogP contribution is 2.32. The van der Waals surface area contributed by atoms with Crippen molar-refractivity contribution in [2.75, 3.05) is 6.54 Å². The largest absolute Gasteiger partial charge is 0.480 e. The second kappa shape index (κ2) is 6.44. The molecular formula is C18H22N2O2. The molecule has 0 spiro atoms. The van der Waals surface area contributed by atoms with Gasteiger partial charge < -0.3 is 5.11 Å². The number of aromatic nitrogens is 1. The predicted molar refractivity (Wildman–Crippen MR) is 86.8 cm³/mol. The number of carboxylic acids is 1. The molecule has 0 radical (unpaired) electrons. The number of pyridine rings is 1. The molecule has 1 aromatic heterocycles. The van der Waals surface area contributed by atoms with E-state index in [9.17, 15) is 9.90 Å². The highest BCUT2D eigenvalue weighted by atomic mass is 16.4. The number of hydrogen-bond donors (Lipinski definition) is 1. The van der Waals surface area contributed by atoms with Gasteiger partial charge in [-0.3, -0.25) is 14.7 Å². The van der Waals surface area contributed by atoms with Gasteiger partial charge in [-0.25, -0.2) is 0 Å². The maximum absolute atomic E-state index is 11.6. The van der Waals surface area contributed by atoms with Crippen LogP contribution in [0.25, 0.3) is 10.8 Å². The van der Waals surface area contributed by atoms with Crippen LogP contribution in [-0.2, 0) is 4.79 Å². The fourth-order valence-corrected chi connectivity index (χ4v) is 3.56. The number of fused-ring (bicyclic) bond motifs is 1. The first-order valence-corrected chi connectivity index (χ1v) is 8.03. The summed E-state index contributed by atoms with van der Waals surface area (Å²) in [6.07, 6.45) is 7.42. The van der Waals surface area contributed by atoms with Gasteiger partial charge in [-0.15, -0.1) is 0 Å². The van der Waals surface area contributed by atoms with Crippen LogP contribution in [0, 0.1) is 0 Å². The fraction of sp³-hybridized carbons (Fsp3) is 0.444. The molecule has 4 heteroatoms. The van der Waals surface area contributed by atoms with Crippen molar-refractivity contribution in [3.63, 3.8) is 0 Å². The molecule has 2 aromatic rings. The maximum Gasteiger partial charge on any atom is 0.320 e. The Kier molecular flexibility index (Phi) is 4.39. The number of aliphatic carboxylic acids is 1. The molecule has 4 nitrogen and oxygen atoms in total. The van der Waals surface area contributed by atoms with Crippen LogP contribution in [0.4, 0.5) is 0 Å². The molecule has 2 atom stereocenters. The number of carbonyl (C=O) groups is 1. The number of piperidine rings is 1. The van der Waals surface area contributed by atoms with E-state index in [0.717, 1.165) is 43.0 Å². The van der Waals surface area contributed by atoms with Crippen molar-refractivity contribution in [2.24, 2.45) is 0 Å². The highest BCUT2D eigenvalue weighted by molar-refractivity contribution is 5.82. The summed E-state index contributed by atoms with van der Waals surface area (Å²) in [5.41, 5.74) is 1.20. The van der Waals surface area contributed by atoms with Crippen molar-refractivity contribution in [2.45, 2.75) is 44.7 Å². The first kappa shape index (κ1) is 15.0. The van der Waals surface area contributed by atoms with E-state index < -0.39 is 5.97 Å². The Morgan fingerprint density at radius 1 is 1.36 bits per heavy atom. The van der Waals surface area contributed by atoms with Crippen molar-refractivity contribution in [3.8, 4) is 0 Å². The van der Waals surface area contributed by atoms with Gasteiger partial charge in [0.2, 0.25) is 0 Å². The fourth-order valence-electron chi connectivity index (χ4n) is 3.56. The Labute approximate surface area is 130 Å². The molecule has 0 bridgehead atoms. The number of benzene rings is 1. The van der Waals surface area contributed by atoms with Gasteiger partial charge in [-0.2, -0.15) is 0 Å². The average Bonchev–Trinajstić information content (AvgIpc) is 2.56. The van der Waals surface area contributed by atoms with Crippen molar-refractivity contribution in [3.05, 3.63) is 42.2 Å². The van der Waals surface area contributed by atoms with Crippen LogP contribution in [0.5, 0.6) is 0 Å². The van der Waals surface area contributed by atoms with E-state index in [0.29, 0.717) is 0 Å².